The summed E-state index contributed by atoms with van der Waals surface area (Å²) in [7, 11) is 0. The van der Waals surface area contributed by atoms with Crippen LogP contribution in [0.2, 0.25) is 5.02 Å². The van der Waals surface area contributed by atoms with E-state index < -0.39 is 36.5 Å². The third-order valence-corrected chi connectivity index (χ3v) is 7.27. The molecule has 3 rings (SSSR count). The number of halogens is 2. The summed E-state index contributed by atoms with van der Waals surface area (Å²) in [5.41, 5.74) is 8.70. The lowest BCUT2D eigenvalue weighted by Gasteiger charge is -2.32. The largest absolute Gasteiger partial charge is 0.394 e. The number of hydrazine groups is 1. The van der Waals surface area contributed by atoms with Crippen molar-refractivity contribution in [1.29, 1.82) is 0 Å². The maximum Gasteiger partial charge on any atom is 0.346 e. The maximum absolute atomic E-state index is 13.8. The van der Waals surface area contributed by atoms with Gasteiger partial charge in [0, 0.05) is 18.4 Å². The molecule has 12 heteroatoms. The van der Waals surface area contributed by atoms with E-state index in [1.165, 1.54) is 24.1 Å². The molecule has 3 amide bonds. The van der Waals surface area contributed by atoms with Gasteiger partial charge < -0.3 is 10.2 Å². The highest BCUT2D eigenvalue weighted by Crippen LogP contribution is 2.40. The first-order chi connectivity index (χ1) is 17.1. The van der Waals surface area contributed by atoms with Gasteiger partial charge in [0.05, 0.1) is 41.9 Å². The smallest absolute Gasteiger partial charge is 0.346 e. The van der Waals surface area contributed by atoms with E-state index in [9.17, 15) is 24.2 Å². The van der Waals surface area contributed by atoms with E-state index in [-0.39, 0.29) is 24.6 Å². The van der Waals surface area contributed by atoms with E-state index >= 15 is 0 Å². The fourth-order valence-electron chi connectivity index (χ4n) is 3.72. The van der Waals surface area contributed by atoms with Gasteiger partial charge in [-0.05, 0) is 55.2 Å². The number of aliphatic hydroxyl groups is 2. The molecular formula is C24H30ClFN4O5S. The summed E-state index contributed by atoms with van der Waals surface area (Å²) in [6, 6.07) is 7.08. The van der Waals surface area contributed by atoms with Crippen LogP contribution in [-0.2, 0) is 16.2 Å². The molecule has 9 nitrogen and oxygen atoms in total. The van der Waals surface area contributed by atoms with Crippen LogP contribution in [0.15, 0.2) is 35.2 Å². The van der Waals surface area contributed by atoms with E-state index in [0.29, 0.717) is 11.4 Å². The number of hydrogen-bond donors (Lipinski definition) is 4. The highest BCUT2D eigenvalue weighted by atomic mass is 35.5. The van der Waals surface area contributed by atoms with Crippen LogP contribution < -0.4 is 15.8 Å². The maximum atomic E-state index is 13.8. The van der Waals surface area contributed by atoms with Crippen LogP contribution in [0.3, 0.4) is 0 Å². The standard InChI is InChI=1S/C24H30ClFN4O5S/c1-14-7-21-22(8-15(14)2)36-13-29(21)24(34)28-35-12-18(9-19(33)11-31)30(16(3)32)27-10-17-5-4-6-20(26)23(17)25/h4-8,18-19,27,31,33H,9-13H2,1-3H3,(H,28,34)/t18-,19+/m0/s1. The first-order valence-corrected chi connectivity index (χ1v) is 12.7. The zero-order valence-electron chi connectivity index (χ0n) is 20.3. The molecule has 0 unspecified atom stereocenters. The van der Waals surface area contributed by atoms with E-state index in [2.05, 4.69) is 10.9 Å². The lowest BCUT2D eigenvalue weighted by Crippen LogP contribution is -2.52. The number of amides is 3. The monoisotopic (exact) mass is 540 g/mol. The Kier molecular flexibility index (Phi) is 9.94. The predicted octanol–water partition coefficient (Wildman–Crippen LogP) is 3.27. The first-order valence-electron chi connectivity index (χ1n) is 11.3. The van der Waals surface area contributed by atoms with Gasteiger partial charge in [0.15, 0.2) is 0 Å². The Labute approximate surface area is 218 Å². The van der Waals surface area contributed by atoms with Crippen molar-refractivity contribution in [3.63, 3.8) is 0 Å². The van der Waals surface area contributed by atoms with Crippen molar-refractivity contribution >= 4 is 41.0 Å². The number of nitrogens with zero attached hydrogens (tertiary/aromatic N) is 2. The predicted molar refractivity (Wildman–Crippen MR) is 136 cm³/mol. The number of hydrogen-bond acceptors (Lipinski definition) is 7. The molecular weight excluding hydrogens is 511 g/mol. The van der Waals surface area contributed by atoms with Gasteiger partial charge in [-0.15, -0.1) is 11.8 Å². The van der Waals surface area contributed by atoms with Gasteiger partial charge in [0.1, 0.15) is 5.82 Å². The average Bonchev–Trinajstić information content (AvgIpc) is 3.23. The fourth-order valence-corrected chi connectivity index (χ4v) is 5.01. The highest BCUT2D eigenvalue weighted by Gasteiger charge is 2.28. The van der Waals surface area contributed by atoms with Crippen LogP contribution in [0.1, 0.15) is 30.0 Å². The van der Waals surface area contributed by atoms with E-state index in [1.807, 2.05) is 26.0 Å². The summed E-state index contributed by atoms with van der Waals surface area (Å²) >= 11 is 7.55. The molecule has 0 spiro atoms. The molecule has 196 valence electrons. The lowest BCUT2D eigenvalue weighted by molar-refractivity contribution is -0.139. The molecule has 2 aromatic rings. The third-order valence-electron chi connectivity index (χ3n) is 5.83. The minimum absolute atomic E-state index is 0.0226. The third kappa shape index (κ3) is 6.87. The minimum Gasteiger partial charge on any atom is -0.394 e. The molecule has 36 heavy (non-hydrogen) atoms. The first kappa shape index (κ1) is 28.2. The van der Waals surface area contributed by atoms with Gasteiger partial charge in [-0.1, -0.05) is 23.7 Å². The van der Waals surface area contributed by atoms with Gasteiger partial charge in [0.2, 0.25) is 5.91 Å². The van der Waals surface area contributed by atoms with Crippen molar-refractivity contribution < 1.29 is 29.0 Å². The molecule has 2 atom stereocenters. The molecule has 0 bridgehead atoms. The normalized spacial score (nSPS) is 14.4. The zero-order valence-corrected chi connectivity index (χ0v) is 21.8. The van der Waals surface area contributed by atoms with Crippen molar-refractivity contribution in [3.8, 4) is 0 Å². The number of nitrogens with one attached hydrogen (secondary N) is 2. The highest BCUT2D eigenvalue weighted by molar-refractivity contribution is 8.00. The van der Waals surface area contributed by atoms with Crippen molar-refractivity contribution in [2.24, 2.45) is 0 Å². The van der Waals surface area contributed by atoms with Crippen molar-refractivity contribution in [1.82, 2.24) is 15.9 Å². The number of carbonyl (C=O) groups is 2. The second kappa shape index (κ2) is 12.7. The summed E-state index contributed by atoms with van der Waals surface area (Å²) in [6.45, 7) is 4.61. The molecule has 0 saturated carbocycles. The number of thioether (sulfide) groups is 1. The number of aliphatic hydroxyl groups excluding tert-OH is 2. The Hall–Kier alpha value is -2.41. The Morgan fingerprint density at radius 1 is 1.31 bits per heavy atom. The van der Waals surface area contributed by atoms with Crippen LogP contribution in [-0.4, -0.2) is 58.4 Å². The lowest BCUT2D eigenvalue weighted by atomic mass is 10.1. The van der Waals surface area contributed by atoms with Crippen molar-refractivity contribution in [3.05, 3.63) is 57.9 Å². The molecule has 0 fully saturated rings. The Balaban J connectivity index is 1.65. The zero-order chi connectivity index (χ0) is 26.4. The minimum atomic E-state index is -1.14. The van der Waals surface area contributed by atoms with Crippen molar-refractivity contribution in [2.75, 3.05) is 24.0 Å². The molecule has 0 aromatic heterocycles. The molecule has 0 radical (unpaired) electrons. The van der Waals surface area contributed by atoms with Crippen LogP contribution in [0.4, 0.5) is 14.9 Å². The number of urea groups is 1. The quantitative estimate of drug-likeness (QED) is 0.342. The summed E-state index contributed by atoms with van der Waals surface area (Å²) < 4.78 is 13.8. The number of benzene rings is 2. The second-order valence-corrected chi connectivity index (χ2v) is 9.85. The summed E-state index contributed by atoms with van der Waals surface area (Å²) in [5.74, 6) is -0.575. The van der Waals surface area contributed by atoms with Crippen molar-refractivity contribution in [2.45, 2.75) is 50.8 Å². The number of fused-ring (bicyclic) bond motifs is 1. The molecule has 1 aliphatic rings. The molecule has 1 heterocycles. The van der Waals surface area contributed by atoms with Crippen LogP contribution in [0, 0.1) is 19.7 Å². The fraction of sp³-hybridized carbons (Fsp3) is 0.417. The number of rotatable bonds is 10. The second-order valence-electron chi connectivity index (χ2n) is 8.49. The van der Waals surface area contributed by atoms with E-state index in [0.717, 1.165) is 21.7 Å². The molecule has 0 saturated heterocycles. The number of anilines is 1. The van der Waals surface area contributed by atoms with E-state index in [4.69, 9.17) is 16.4 Å². The van der Waals surface area contributed by atoms with Gasteiger partial charge in [-0.3, -0.25) is 19.5 Å². The Bertz CT molecular complexity index is 1110. The van der Waals surface area contributed by atoms with Crippen LogP contribution >= 0.6 is 23.4 Å². The molecule has 1 aliphatic heterocycles. The molecule has 0 aliphatic carbocycles. The van der Waals surface area contributed by atoms with Crippen LogP contribution in [0.25, 0.3) is 0 Å². The van der Waals surface area contributed by atoms with Gasteiger partial charge in [-0.2, -0.15) is 0 Å². The molecule has 2 aromatic carbocycles. The summed E-state index contributed by atoms with van der Waals surface area (Å²) in [6.07, 6.45) is -1.18. The summed E-state index contributed by atoms with van der Waals surface area (Å²) in [4.78, 5) is 33.2. The Morgan fingerprint density at radius 2 is 2.03 bits per heavy atom. The number of aryl methyl sites for hydroxylation is 2. The van der Waals surface area contributed by atoms with Crippen LogP contribution in [0.5, 0.6) is 0 Å². The topological polar surface area (TPSA) is 114 Å². The molecule has 4 N–H and O–H groups in total. The van der Waals surface area contributed by atoms with Gasteiger partial charge in [-0.25, -0.2) is 20.1 Å². The number of carbonyl (C=O) groups excluding carboxylic acids is 2. The SMILES string of the molecule is CC(=O)N(NCc1cccc(F)c1Cl)[C@H](CONC(=O)N1CSc2cc(C)c(C)cc21)C[C@@H](O)CO. The Morgan fingerprint density at radius 3 is 2.72 bits per heavy atom. The summed E-state index contributed by atoms with van der Waals surface area (Å²) in [5, 5.41) is 20.5. The number of hydroxylamine groups is 1. The van der Waals surface area contributed by atoms with E-state index in [1.54, 1.807) is 22.7 Å². The van der Waals surface area contributed by atoms with Gasteiger partial charge >= 0.3 is 6.03 Å². The average molecular weight is 541 g/mol. The van der Waals surface area contributed by atoms with Gasteiger partial charge in [0.25, 0.3) is 0 Å².